The molecular formula is C22H31IN4O. The third-order valence-corrected chi connectivity index (χ3v) is 4.70. The van der Waals surface area contributed by atoms with E-state index in [4.69, 9.17) is 10.5 Å². The maximum atomic E-state index is 6.14. The van der Waals surface area contributed by atoms with E-state index in [-0.39, 0.29) is 36.1 Å². The Morgan fingerprint density at radius 3 is 2.32 bits per heavy atom. The van der Waals surface area contributed by atoms with Gasteiger partial charge in [0.2, 0.25) is 0 Å². The molecule has 0 radical (unpaired) electrons. The SMILES string of the molecule is CC(C)Oc1ccc(NC(N)=NCC(c2ccccc2)N2CCCC2)cc1.I. The molecule has 1 heterocycles. The summed E-state index contributed by atoms with van der Waals surface area (Å²) in [6.45, 7) is 6.93. The maximum Gasteiger partial charge on any atom is 0.193 e. The van der Waals surface area contributed by atoms with Crippen molar-refractivity contribution in [3.8, 4) is 5.75 Å². The molecule has 3 rings (SSSR count). The van der Waals surface area contributed by atoms with Gasteiger partial charge in [0.15, 0.2) is 5.96 Å². The number of nitrogens with two attached hydrogens (primary N) is 1. The zero-order valence-electron chi connectivity index (χ0n) is 16.7. The molecule has 1 fully saturated rings. The Labute approximate surface area is 185 Å². The van der Waals surface area contributed by atoms with Gasteiger partial charge in [-0.25, -0.2) is 0 Å². The van der Waals surface area contributed by atoms with E-state index in [1.807, 2.05) is 38.1 Å². The predicted octanol–water partition coefficient (Wildman–Crippen LogP) is 4.66. The summed E-state index contributed by atoms with van der Waals surface area (Å²) >= 11 is 0. The van der Waals surface area contributed by atoms with Crippen molar-refractivity contribution in [2.75, 3.05) is 25.0 Å². The fourth-order valence-electron chi connectivity index (χ4n) is 3.42. The van der Waals surface area contributed by atoms with E-state index in [0.717, 1.165) is 24.5 Å². The molecule has 1 unspecified atom stereocenters. The predicted molar refractivity (Wildman–Crippen MR) is 128 cm³/mol. The highest BCUT2D eigenvalue weighted by Crippen LogP contribution is 2.25. The summed E-state index contributed by atoms with van der Waals surface area (Å²) in [6, 6.07) is 18.6. The quantitative estimate of drug-likeness (QED) is 0.334. The highest BCUT2D eigenvalue weighted by atomic mass is 127. The molecule has 3 N–H and O–H groups in total. The van der Waals surface area contributed by atoms with Gasteiger partial charge < -0.3 is 15.8 Å². The number of hydrogen-bond acceptors (Lipinski definition) is 3. The largest absolute Gasteiger partial charge is 0.491 e. The maximum absolute atomic E-state index is 6.14. The number of anilines is 1. The van der Waals surface area contributed by atoms with E-state index >= 15 is 0 Å². The van der Waals surface area contributed by atoms with Crippen LogP contribution in [0.1, 0.15) is 38.3 Å². The zero-order chi connectivity index (χ0) is 19.1. The number of rotatable bonds is 7. The van der Waals surface area contributed by atoms with Crippen molar-refractivity contribution in [1.29, 1.82) is 0 Å². The molecule has 152 valence electrons. The molecule has 2 aromatic carbocycles. The second-order valence-electron chi connectivity index (χ2n) is 7.21. The van der Waals surface area contributed by atoms with Crippen LogP contribution in [0.4, 0.5) is 5.69 Å². The molecule has 5 nitrogen and oxygen atoms in total. The van der Waals surface area contributed by atoms with Gasteiger partial charge in [0.1, 0.15) is 5.75 Å². The first-order valence-electron chi connectivity index (χ1n) is 9.74. The molecule has 0 aliphatic carbocycles. The van der Waals surface area contributed by atoms with Crippen molar-refractivity contribution in [1.82, 2.24) is 4.90 Å². The molecule has 1 aliphatic rings. The van der Waals surface area contributed by atoms with Crippen molar-refractivity contribution in [3.63, 3.8) is 0 Å². The molecule has 1 aliphatic heterocycles. The Morgan fingerprint density at radius 1 is 1.07 bits per heavy atom. The molecule has 0 amide bonds. The molecule has 2 aromatic rings. The minimum Gasteiger partial charge on any atom is -0.491 e. The number of nitrogens with zero attached hydrogens (tertiary/aromatic N) is 2. The number of aliphatic imine (C=N–C) groups is 1. The van der Waals surface area contributed by atoms with E-state index in [2.05, 4.69) is 45.5 Å². The van der Waals surface area contributed by atoms with Crippen LogP contribution in [0.25, 0.3) is 0 Å². The Hall–Kier alpha value is -1.80. The summed E-state index contributed by atoms with van der Waals surface area (Å²) in [7, 11) is 0. The van der Waals surface area contributed by atoms with Crippen LogP contribution in [0.15, 0.2) is 59.6 Å². The van der Waals surface area contributed by atoms with Crippen LogP contribution in [0, 0.1) is 0 Å². The standard InChI is InChI=1S/C22H30N4O.HI/c1-17(2)27-20-12-10-19(11-13-20)25-22(23)24-16-21(26-14-6-7-15-26)18-8-4-3-5-9-18;/h3-5,8-13,17,21H,6-7,14-16H2,1-2H3,(H3,23,24,25);1H. The monoisotopic (exact) mass is 494 g/mol. The fourth-order valence-corrected chi connectivity index (χ4v) is 3.42. The Bertz CT molecular complexity index is 728. The first-order chi connectivity index (χ1) is 13.1. The van der Waals surface area contributed by atoms with Gasteiger partial charge in [0.25, 0.3) is 0 Å². The van der Waals surface area contributed by atoms with E-state index in [9.17, 15) is 0 Å². The first kappa shape index (κ1) is 22.5. The third kappa shape index (κ3) is 6.67. The lowest BCUT2D eigenvalue weighted by Crippen LogP contribution is -2.30. The second-order valence-corrected chi connectivity index (χ2v) is 7.21. The number of nitrogens with one attached hydrogen (secondary N) is 1. The van der Waals surface area contributed by atoms with E-state index in [0.29, 0.717) is 12.5 Å². The molecule has 0 aromatic heterocycles. The normalized spacial score (nSPS) is 15.9. The molecule has 1 saturated heterocycles. The lowest BCUT2D eigenvalue weighted by molar-refractivity contribution is 0.242. The van der Waals surface area contributed by atoms with Gasteiger partial charge in [0, 0.05) is 5.69 Å². The van der Waals surface area contributed by atoms with E-state index in [1.54, 1.807) is 0 Å². The number of ether oxygens (including phenoxy) is 1. The number of likely N-dealkylation sites (tertiary alicyclic amines) is 1. The Kier molecular flexibility index (Phi) is 9.05. The number of hydrogen-bond donors (Lipinski definition) is 2. The summed E-state index contributed by atoms with van der Waals surface area (Å²) in [5.41, 5.74) is 8.34. The summed E-state index contributed by atoms with van der Waals surface area (Å²) in [5.74, 6) is 1.29. The van der Waals surface area contributed by atoms with Gasteiger partial charge in [-0.2, -0.15) is 0 Å². The molecule has 28 heavy (non-hydrogen) atoms. The Balaban J connectivity index is 0.00000280. The third-order valence-electron chi connectivity index (χ3n) is 4.70. The second kappa shape index (κ2) is 11.3. The summed E-state index contributed by atoms with van der Waals surface area (Å²) < 4.78 is 5.66. The van der Waals surface area contributed by atoms with Crippen molar-refractivity contribution in [2.24, 2.45) is 10.7 Å². The lowest BCUT2D eigenvalue weighted by Gasteiger charge is -2.26. The van der Waals surface area contributed by atoms with Crippen molar-refractivity contribution < 1.29 is 4.74 Å². The molecule has 0 spiro atoms. The van der Waals surface area contributed by atoms with Crippen LogP contribution in [0.3, 0.4) is 0 Å². The molecule has 6 heteroatoms. The van der Waals surface area contributed by atoms with Crippen molar-refractivity contribution >= 4 is 35.6 Å². The van der Waals surface area contributed by atoms with Crippen LogP contribution >= 0.6 is 24.0 Å². The molecule has 0 saturated carbocycles. The summed E-state index contributed by atoms with van der Waals surface area (Å²) in [5, 5.41) is 3.17. The van der Waals surface area contributed by atoms with E-state index in [1.165, 1.54) is 18.4 Å². The van der Waals surface area contributed by atoms with Gasteiger partial charge >= 0.3 is 0 Å². The van der Waals surface area contributed by atoms with Gasteiger partial charge in [-0.05, 0) is 69.6 Å². The van der Waals surface area contributed by atoms with Gasteiger partial charge in [-0.15, -0.1) is 24.0 Å². The highest BCUT2D eigenvalue weighted by Gasteiger charge is 2.23. The van der Waals surface area contributed by atoms with Gasteiger partial charge in [-0.3, -0.25) is 9.89 Å². The van der Waals surface area contributed by atoms with Crippen LogP contribution in [0.2, 0.25) is 0 Å². The Morgan fingerprint density at radius 2 is 1.71 bits per heavy atom. The van der Waals surface area contributed by atoms with Crippen LogP contribution in [-0.2, 0) is 0 Å². The molecule has 1 atom stereocenters. The lowest BCUT2D eigenvalue weighted by atomic mass is 10.1. The fraction of sp³-hybridized carbons (Fsp3) is 0.409. The van der Waals surface area contributed by atoms with E-state index < -0.39 is 0 Å². The zero-order valence-corrected chi connectivity index (χ0v) is 19.0. The van der Waals surface area contributed by atoms with Crippen LogP contribution < -0.4 is 15.8 Å². The molecular weight excluding hydrogens is 463 g/mol. The average molecular weight is 494 g/mol. The highest BCUT2D eigenvalue weighted by molar-refractivity contribution is 14.0. The van der Waals surface area contributed by atoms with Crippen molar-refractivity contribution in [2.45, 2.75) is 38.8 Å². The average Bonchev–Trinajstić information content (AvgIpc) is 3.18. The topological polar surface area (TPSA) is 62.9 Å². The minimum atomic E-state index is 0. The van der Waals surface area contributed by atoms with Gasteiger partial charge in [-0.1, -0.05) is 30.3 Å². The summed E-state index contributed by atoms with van der Waals surface area (Å²) in [6.07, 6.45) is 2.67. The smallest absolute Gasteiger partial charge is 0.193 e. The van der Waals surface area contributed by atoms with Crippen molar-refractivity contribution in [3.05, 3.63) is 60.2 Å². The molecule has 0 bridgehead atoms. The number of guanidine groups is 1. The number of benzene rings is 2. The number of halogens is 1. The van der Waals surface area contributed by atoms with Crippen LogP contribution in [0.5, 0.6) is 5.75 Å². The van der Waals surface area contributed by atoms with Gasteiger partial charge in [0.05, 0.1) is 18.7 Å². The van der Waals surface area contributed by atoms with Crippen LogP contribution in [-0.4, -0.2) is 36.6 Å². The first-order valence-corrected chi connectivity index (χ1v) is 9.74. The summed E-state index contributed by atoms with van der Waals surface area (Å²) in [4.78, 5) is 7.13. The minimum absolute atomic E-state index is 0.